The van der Waals surface area contributed by atoms with Crippen molar-refractivity contribution in [2.45, 2.75) is 0 Å². The maximum absolute atomic E-state index is 9.85. The lowest BCUT2D eigenvalue weighted by molar-refractivity contribution is 1.15. The summed E-state index contributed by atoms with van der Waals surface area (Å²) in [5.74, 6) is 0. The van der Waals surface area contributed by atoms with E-state index in [1.807, 2.05) is 24.3 Å². The highest BCUT2D eigenvalue weighted by atomic mass is 15.2. The van der Waals surface area contributed by atoms with Crippen LogP contribution in [-0.4, -0.2) is 15.7 Å². The van der Waals surface area contributed by atoms with Gasteiger partial charge in [-0.3, -0.25) is 0 Å². The molecule has 0 aliphatic carbocycles. The van der Waals surface area contributed by atoms with Crippen LogP contribution in [0.3, 0.4) is 0 Å². The Kier molecular flexibility index (Phi) is 6.30. The normalized spacial score (nSPS) is 12.9. The van der Waals surface area contributed by atoms with Gasteiger partial charge in [-0.2, -0.15) is 5.26 Å². The molecule has 59 heavy (non-hydrogen) atoms. The number of nitrogens with zero attached hydrogens (tertiary/aromatic N) is 6. The Morgan fingerprint density at radius 3 is 1.90 bits per heavy atom. The monoisotopic (exact) mass is 748 g/mol. The summed E-state index contributed by atoms with van der Waals surface area (Å²) in [7, 11) is 0. The van der Waals surface area contributed by atoms with Crippen molar-refractivity contribution in [2.75, 3.05) is 9.80 Å². The van der Waals surface area contributed by atoms with Gasteiger partial charge in [0, 0.05) is 66.6 Å². The van der Waals surface area contributed by atoms with Crippen molar-refractivity contribution in [3.05, 3.63) is 193 Å². The van der Waals surface area contributed by atoms with E-state index in [9.17, 15) is 5.26 Å². The Balaban J connectivity index is 1.22. The van der Waals surface area contributed by atoms with Crippen molar-refractivity contribution >= 4 is 112 Å². The second-order valence-electron chi connectivity index (χ2n) is 15.5. The Labute approximate surface area is 339 Å². The molecule has 0 bridgehead atoms. The molecule has 5 heterocycles. The third-order valence-electron chi connectivity index (χ3n) is 12.6. The minimum absolute atomic E-state index is 0.159. The molecule has 0 saturated heterocycles. The lowest BCUT2D eigenvalue weighted by Crippen LogP contribution is -2.62. The van der Waals surface area contributed by atoms with E-state index in [2.05, 4.69) is 181 Å². The maximum atomic E-state index is 9.85. The quantitative estimate of drug-likeness (QED) is 0.133. The molecule has 270 valence electrons. The number of anilines is 6. The van der Waals surface area contributed by atoms with Gasteiger partial charge in [0.05, 0.1) is 46.0 Å². The van der Waals surface area contributed by atoms with Gasteiger partial charge in [0.1, 0.15) is 0 Å². The van der Waals surface area contributed by atoms with Crippen LogP contribution in [0, 0.1) is 17.9 Å². The molecule has 0 saturated carbocycles. The van der Waals surface area contributed by atoms with E-state index in [-0.39, 0.29) is 6.71 Å². The zero-order chi connectivity index (χ0) is 38.9. The zero-order valence-electron chi connectivity index (χ0n) is 31.5. The van der Waals surface area contributed by atoms with Gasteiger partial charge in [-0.05, 0) is 89.8 Å². The van der Waals surface area contributed by atoms with Gasteiger partial charge >= 0.3 is 0 Å². The number of benzene rings is 8. The second-order valence-corrected chi connectivity index (χ2v) is 15.5. The van der Waals surface area contributed by atoms with E-state index < -0.39 is 0 Å². The summed E-state index contributed by atoms with van der Waals surface area (Å²) < 4.78 is 4.93. The first-order chi connectivity index (χ1) is 29.2. The van der Waals surface area contributed by atoms with Gasteiger partial charge in [-0.1, -0.05) is 97.1 Å². The van der Waals surface area contributed by atoms with Gasteiger partial charge in [-0.25, -0.2) is 4.85 Å². The minimum atomic E-state index is -0.159. The fourth-order valence-electron chi connectivity index (χ4n) is 10.3. The van der Waals surface area contributed by atoms with E-state index in [0.29, 0.717) is 11.3 Å². The van der Waals surface area contributed by atoms with Gasteiger partial charge in [0.25, 0.3) is 6.71 Å². The van der Waals surface area contributed by atoms with Crippen molar-refractivity contribution in [1.29, 1.82) is 5.26 Å². The number of para-hydroxylation sites is 4. The van der Waals surface area contributed by atoms with Crippen LogP contribution >= 0.6 is 0 Å². The van der Waals surface area contributed by atoms with Crippen LogP contribution in [0.15, 0.2) is 176 Å². The van der Waals surface area contributed by atoms with Crippen LogP contribution in [0.4, 0.5) is 39.8 Å². The fraction of sp³-hybridized carbons (Fsp3) is 0. The highest BCUT2D eigenvalue weighted by Gasteiger charge is 2.47. The SMILES string of the molecule is [C-]#[N+]c1ccc(N2c3cccc4c3B(c3cc5c6cccc7c8ccccc8n(c5cc3N4c3ccc(C#N)cc3)c76)c3c2c2ccccc2n3-c2ccccc2)cc1. The van der Waals surface area contributed by atoms with Crippen LogP contribution in [0.25, 0.3) is 59.5 Å². The topological polar surface area (TPSA) is 44.0 Å². The molecule has 0 amide bonds. The van der Waals surface area contributed by atoms with Crippen LogP contribution in [-0.2, 0) is 0 Å². The average Bonchev–Trinajstić information content (AvgIpc) is 3.94. The largest absolute Gasteiger partial charge is 0.319 e. The predicted molar refractivity (Wildman–Crippen MR) is 243 cm³/mol. The van der Waals surface area contributed by atoms with Gasteiger partial charge in [0.15, 0.2) is 5.69 Å². The molecule has 0 radical (unpaired) electrons. The van der Waals surface area contributed by atoms with Crippen LogP contribution < -0.4 is 26.3 Å². The van der Waals surface area contributed by atoms with Crippen molar-refractivity contribution in [3.63, 3.8) is 0 Å². The molecule has 3 aromatic heterocycles. The number of rotatable bonds is 3. The Hall–Kier alpha value is -8.26. The Bertz CT molecular complexity index is 3640. The average molecular weight is 749 g/mol. The van der Waals surface area contributed by atoms with Gasteiger partial charge in [-0.15, -0.1) is 0 Å². The Morgan fingerprint density at radius 1 is 0.508 bits per heavy atom. The first-order valence-electron chi connectivity index (χ1n) is 19.8. The smallest absolute Gasteiger partial charge is 0.273 e. The molecule has 0 atom stereocenters. The molecule has 0 spiro atoms. The maximum Gasteiger partial charge on any atom is 0.273 e. The highest BCUT2D eigenvalue weighted by Crippen LogP contribution is 2.49. The number of fused-ring (bicyclic) bond motifs is 12. The molecule has 11 aromatic rings. The highest BCUT2D eigenvalue weighted by molar-refractivity contribution is 7.00. The molecule has 2 aliphatic heterocycles. The third kappa shape index (κ3) is 4.13. The van der Waals surface area contributed by atoms with E-state index in [0.717, 1.165) is 56.2 Å². The lowest BCUT2D eigenvalue weighted by atomic mass is 9.35. The van der Waals surface area contributed by atoms with Crippen LogP contribution in [0.5, 0.6) is 0 Å². The molecule has 13 rings (SSSR count). The van der Waals surface area contributed by atoms with Crippen molar-refractivity contribution in [3.8, 4) is 11.8 Å². The molecular formula is C52H29BN6. The third-order valence-corrected chi connectivity index (χ3v) is 12.6. The van der Waals surface area contributed by atoms with Crippen LogP contribution in [0.2, 0.25) is 0 Å². The summed E-state index contributed by atoms with van der Waals surface area (Å²) in [6, 6.07) is 64.8. The number of hydrogen-bond acceptors (Lipinski definition) is 3. The summed E-state index contributed by atoms with van der Waals surface area (Å²) in [6.45, 7) is 7.57. The zero-order valence-corrected chi connectivity index (χ0v) is 31.5. The minimum Gasteiger partial charge on any atom is -0.319 e. The molecule has 6 nitrogen and oxygen atoms in total. The molecule has 0 N–H and O–H groups in total. The summed E-state index contributed by atoms with van der Waals surface area (Å²) in [5.41, 5.74) is 17.0. The number of nitriles is 1. The molecule has 0 fully saturated rings. The van der Waals surface area contributed by atoms with Crippen molar-refractivity contribution in [1.82, 2.24) is 8.97 Å². The lowest BCUT2D eigenvalue weighted by Gasteiger charge is -2.43. The molecule has 8 aromatic carbocycles. The van der Waals surface area contributed by atoms with Crippen molar-refractivity contribution < 1.29 is 0 Å². The molecule has 0 unspecified atom stereocenters. The van der Waals surface area contributed by atoms with E-state index >= 15 is 0 Å². The summed E-state index contributed by atoms with van der Waals surface area (Å²) >= 11 is 0. The number of aromatic nitrogens is 2. The molecule has 2 aliphatic rings. The van der Waals surface area contributed by atoms with E-state index in [4.69, 9.17) is 6.57 Å². The fourth-order valence-corrected chi connectivity index (χ4v) is 10.3. The molecule has 7 heteroatoms. The first-order valence-corrected chi connectivity index (χ1v) is 19.8. The van der Waals surface area contributed by atoms with E-state index in [1.54, 1.807) is 0 Å². The predicted octanol–water partition coefficient (Wildman–Crippen LogP) is 11.3. The van der Waals surface area contributed by atoms with Crippen LogP contribution in [0.1, 0.15) is 5.56 Å². The van der Waals surface area contributed by atoms with Gasteiger partial charge in [0.2, 0.25) is 0 Å². The Morgan fingerprint density at radius 2 is 1.14 bits per heavy atom. The summed E-state index contributed by atoms with van der Waals surface area (Å²) in [6.07, 6.45) is 0. The standard InChI is InChI=1S/C52H29BN6/c1-55-33-23-27-36(28-24-33)57-46-20-10-19-45-49(46)53(52-51(57)40-14-6-8-18-44(40)58(52)34-11-3-2-4-12-34)42-29-41-39-16-9-15-38-37-13-5-7-17-43(37)59(50(38)39)47(41)30-48(42)56(45)35-25-21-32(31-54)22-26-35/h2-30H. The number of hydrogen-bond donors (Lipinski definition) is 0. The second kappa shape index (κ2) is 11.6. The summed E-state index contributed by atoms with van der Waals surface area (Å²) in [4.78, 5) is 8.55. The first kappa shape index (κ1) is 31.9. The molecular weight excluding hydrogens is 719 g/mol. The van der Waals surface area contributed by atoms with Gasteiger partial charge < -0.3 is 18.8 Å². The van der Waals surface area contributed by atoms with E-state index in [1.165, 1.54) is 49.1 Å². The summed E-state index contributed by atoms with van der Waals surface area (Å²) in [5, 5.41) is 16.0. The van der Waals surface area contributed by atoms with Crippen molar-refractivity contribution in [2.24, 2.45) is 0 Å².